The smallest absolute Gasteiger partial charge is 0.306 e. The van der Waals surface area contributed by atoms with Crippen LogP contribution in [0.2, 0.25) is 0 Å². The maximum absolute atomic E-state index is 11.5. The van der Waals surface area contributed by atoms with Gasteiger partial charge in [-0.15, -0.1) is 0 Å². The van der Waals surface area contributed by atoms with Crippen LogP contribution < -0.4 is 10.6 Å². The molecule has 0 saturated heterocycles. The Balaban J connectivity index is 2.06. The minimum atomic E-state index is -0.832. The van der Waals surface area contributed by atoms with Gasteiger partial charge in [0.05, 0.1) is 12.2 Å². The fourth-order valence-electron chi connectivity index (χ4n) is 1.63. The second kappa shape index (κ2) is 8.78. The summed E-state index contributed by atoms with van der Waals surface area (Å²) in [7, 11) is 0. The molecule has 0 aliphatic rings. The Bertz CT molecular complexity index is 470. The predicted molar refractivity (Wildman–Crippen MR) is 74.7 cm³/mol. The molecule has 21 heavy (non-hydrogen) atoms. The van der Waals surface area contributed by atoms with E-state index in [1.807, 2.05) is 0 Å². The van der Waals surface area contributed by atoms with Gasteiger partial charge in [0.1, 0.15) is 0 Å². The number of hydrogen-bond acceptors (Lipinski definition) is 4. The van der Waals surface area contributed by atoms with Crippen molar-refractivity contribution in [2.75, 3.05) is 13.1 Å². The van der Waals surface area contributed by atoms with Gasteiger partial charge < -0.3 is 20.2 Å². The van der Waals surface area contributed by atoms with Crippen LogP contribution in [0.4, 0.5) is 0 Å². The van der Waals surface area contributed by atoms with Crippen LogP contribution in [-0.4, -0.2) is 36.0 Å². The van der Waals surface area contributed by atoms with E-state index in [9.17, 15) is 14.4 Å². The Labute approximate surface area is 122 Å². The van der Waals surface area contributed by atoms with Crippen molar-refractivity contribution in [1.29, 1.82) is 0 Å². The summed E-state index contributed by atoms with van der Waals surface area (Å²) in [6.07, 6.45) is 2.70. The van der Waals surface area contributed by atoms with E-state index < -0.39 is 11.9 Å². The zero-order valence-electron chi connectivity index (χ0n) is 11.9. The van der Waals surface area contributed by atoms with Gasteiger partial charge in [-0.1, -0.05) is 6.92 Å². The lowest BCUT2D eigenvalue weighted by atomic mass is 10.1. The molecular formula is C14H20N2O5. The van der Waals surface area contributed by atoms with Gasteiger partial charge in [0, 0.05) is 19.5 Å². The number of carbonyl (C=O) groups is 3. The molecule has 0 spiro atoms. The molecule has 7 nitrogen and oxygen atoms in total. The lowest BCUT2D eigenvalue weighted by Gasteiger charge is -2.07. The maximum atomic E-state index is 11.5. The molecule has 0 aromatic carbocycles. The third kappa shape index (κ3) is 6.60. The number of carboxylic acids is 1. The molecular weight excluding hydrogens is 276 g/mol. The van der Waals surface area contributed by atoms with Crippen molar-refractivity contribution in [3.05, 3.63) is 24.2 Å². The van der Waals surface area contributed by atoms with E-state index in [2.05, 4.69) is 10.6 Å². The summed E-state index contributed by atoms with van der Waals surface area (Å²) in [5.74, 6) is -1.57. The van der Waals surface area contributed by atoms with Crippen molar-refractivity contribution in [3.8, 4) is 0 Å². The summed E-state index contributed by atoms with van der Waals surface area (Å²) in [6, 6.07) is 3.15. The molecule has 3 N–H and O–H groups in total. The molecule has 0 fully saturated rings. The zero-order valence-corrected chi connectivity index (χ0v) is 11.9. The van der Waals surface area contributed by atoms with Gasteiger partial charge in [-0.3, -0.25) is 14.4 Å². The van der Waals surface area contributed by atoms with Crippen molar-refractivity contribution in [2.24, 2.45) is 5.92 Å². The molecule has 1 atom stereocenters. The zero-order chi connectivity index (χ0) is 15.7. The fraction of sp³-hybridized carbons (Fsp3) is 0.500. The van der Waals surface area contributed by atoms with E-state index in [1.165, 1.54) is 6.26 Å². The monoisotopic (exact) mass is 296 g/mol. The van der Waals surface area contributed by atoms with Gasteiger partial charge in [0.15, 0.2) is 5.76 Å². The van der Waals surface area contributed by atoms with Gasteiger partial charge in [0.2, 0.25) is 5.91 Å². The highest BCUT2D eigenvalue weighted by Gasteiger charge is 2.11. The van der Waals surface area contributed by atoms with Crippen molar-refractivity contribution in [1.82, 2.24) is 10.6 Å². The Morgan fingerprint density at radius 2 is 2.05 bits per heavy atom. The van der Waals surface area contributed by atoms with Crippen LogP contribution in [0.15, 0.2) is 22.8 Å². The minimum Gasteiger partial charge on any atom is -0.481 e. The van der Waals surface area contributed by atoms with Crippen molar-refractivity contribution < 1.29 is 23.9 Å². The van der Waals surface area contributed by atoms with Crippen molar-refractivity contribution >= 4 is 17.8 Å². The third-order valence-electron chi connectivity index (χ3n) is 2.94. The number of rotatable bonds is 9. The van der Waals surface area contributed by atoms with E-state index in [1.54, 1.807) is 19.1 Å². The number of amides is 2. The lowest BCUT2D eigenvalue weighted by Crippen LogP contribution is -2.31. The van der Waals surface area contributed by atoms with E-state index in [4.69, 9.17) is 9.52 Å². The quantitative estimate of drug-likeness (QED) is 0.589. The Kier molecular flexibility index (Phi) is 7.00. The van der Waals surface area contributed by atoms with Crippen LogP contribution in [0, 0.1) is 5.92 Å². The van der Waals surface area contributed by atoms with E-state index >= 15 is 0 Å². The second-order valence-electron chi connectivity index (χ2n) is 4.71. The van der Waals surface area contributed by atoms with Gasteiger partial charge >= 0.3 is 5.97 Å². The number of carboxylic acid groups (broad SMARTS) is 1. The molecule has 0 aliphatic carbocycles. The number of aliphatic carboxylic acids is 1. The Morgan fingerprint density at radius 1 is 1.29 bits per heavy atom. The number of furan rings is 1. The highest BCUT2D eigenvalue weighted by Crippen LogP contribution is 2.04. The largest absolute Gasteiger partial charge is 0.481 e. The normalized spacial score (nSPS) is 11.7. The summed E-state index contributed by atoms with van der Waals surface area (Å²) >= 11 is 0. The van der Waals surface area contributed by atoms with Gasteiger partial charge in [-0.05, 0) is 25.0 Å². The minimum absolute atomic E-state index is 0.168. The summed E-state index contributed by atoms with van der Waals surface area (Å²) in [4.78, 5) is 33.6. The first-order valence-corrected chi connectivity index (χ1v) is 6.82. The van der Waals surface area contributed by atoms with Crippen molar-refractivity contribution in [3.63, 3.8) is 0 Å². The summed E-state index contributed by atoms with van der Waals surface area (Å²) < 4.78 is 4.91. The molecule has 1 rings (SSSR count). The van der Waals surface area contributed by atoms with E-state index in [-0.39, 0.29) is 30.5 Å². The van der Waals surface area contributed by atoms with Crippen LogP contribution in [0.25, 0.3) is 0 Å². The van der Waals surface area contributed by atoms with Gasteiger partial charge in [-0.2, -0.15) is 0 Å². The molecule has 0 bridgehead atoms. The molecule has 2 amide bonds. The number of hydrogen-bond donors (Lipinski definition) is 3. The first-order valence-electron chi connectivity index (χ1n) is 6.82. The molecule has 0 radical (unpaired) electrons. The summed E-state index contributed by atoms with van der Waals surface area (Å²) in [6.45, 7) is 2.29. The first kappa shape index (κ1) is 16.7. The molecule has 1 heterocycles. The lowest BCUT2D eigenvalue weighted by molar-refractivity contribution is -0.141. The topological polar surface area (TPSA) is 109 Å². The molecule has 1 aromatic rings. The molecule has 0 saturated carbocycles. The maximum Gasteiger partial charge on any atom is 0.306 e. The van der Waals surface area contributed by atoms with Crippen LogP contribution >= 0.6 is 0 Å². The van der Waals surface area contributed by atoms with Crippen molar-refractivity contribution in [2.45, 2.75) is 26.2 Å². The first-order chi connectivity index (χ1) is 10.0. The number of nitrogens with one attached hydrogen (secondary N) is 2. The van der Waals surface area contributed by atoms with Gasteiger partial charge in [0.25, 0.3) is 5.91 Å². The molecule has 0 aliphatic heterocycles. The number of carbonyl (C=O) groups excluding carboxylic acids is 2. The van der Waals surface area contributed by atoms with Gasteiger partial charge in [-0.25, -0.2) is 0 Å². The summed E-state index contributed by atoms with van der Waals surface area (Å²) in [5, 5.41) is 13.9. The van der Waals surface area contributed by atoms with Crippen LogP contribution in [-0.2, 0) is 9.59 Å². The Morgan fingerprint density at radius 3 is 2.67 bits per heavy atom. The highest BCUT2D eigenvalue weighted by atomic mass is 16.4. The second-order valence-corrected chi connectivity index (χ2v) is 4.71. The SMILES string of the molecule is CC(CCCNC(=O)CCNC(=O)c1ccco1)C(=O)O. The highest BCUT2D eigenvalue weighted by molar-refractivity contribution is 5.91. The fourth-order valence-corrected chi connectivity index (χ4v) is 1.63. The Hall–Kier alpha value is -2.31. The standard InChI is InChI=1S/C14H20N2O5/c1-10(14(19)20)4-2-7-15-12(17)6-8-16-13(18)11-5-3-9-21-11/h3,5,9-10H,2,4,6-8H2,1H3,(H,15,17)(H,16,18)(H,19,20). The molecule has 1 aromatic heterocycles. The average Bonchev–Trinajstić information content (AvgIpc) is 2.97. The predicted octanol–water partition coefficient (Wildman–Crippen LogP) is 1.02. The third-order valence-corrected chi connectivity index (χ3v) is 2.94. The molecule has 116 valence electrons. The molecule has 1 unspecified atom stereocenters. The van der Waals surface area contributed by atoms with E-state index in [0.29, 0.717) is 19.4 Å². The summed E-state index contributed by atoms with van der Waals surface area (Å²) in [5.41, 5.74) is 0. The average molecular weight is 296 g/mol. The molecule has 7 heteroatoms. The van der Waals surface area contributed by atoms with E-state index in [0.717, 1.165) is 0 Å². The van der Waals surface area contributed by atoms with Crippen LogP contribution in [0.1, 0.15) is 36.7 Å². The van der Waals surface area contributed by atoms with Crippen LogP contribution in [0.5, 0.6) is 0 Å². The van der Waals surface area contributed by atoms with Crippen LogP contribution in [0.3, 0.4) is 0 Å².